The molecule has 0 atom stereocenters. The van der Waals surface area contributed by atoms with Crippen molar-refractivity contribution >= 4 is 16.1 Å². The molecule has 0 fully saturated rings. The maximum Gasteiger partial charge on any atom is 0.276 e. The van der Waals surface area contributed by atoms with E-state index in [4.69, 9.17) is 0 Å². The zero-order valence-electron chi connectivity index (χ0n) is 8.46. The third-order valence-electron chi connectivity index (χ3n) is 1.35. The Morgan fingerprint density at radius 3 is 2.36 bits per heavy atom. The van der Waals surface area contributed by atoms with Crippen LogP contribution in [0, 0.1) is 0 Å². The van der Waals surface area contributed by atoms with Crippen LogP contribution in [0.2, 0.25) is 0 Å². The van der Waals surface area contributed by atoms with Gasteiger partial charge in [0, 0.05) is 26.6 Å². The van der Waals surface area contributed by atoms with Gasteiger partial charge >= 0.3 is 0 Å². The fraction of sp³-hybridized carbons (Fsp3) is 0.857. The molecule has 0 aliphatic rings. The van der Waals surface area contributed by atoms with Gasteiger partial charge in [-0.3, -0.25) is 4.79 Å². The van der Waals surface area contributed by atoms with Gasteiger partial charge in [0.05, 0.1) is 0 Å². The molecule has 0 saturated heterocycles. The van der Waals surface area contributed by atoms with E-state index >= 15 is 0 Å². The highest BCUT2D eigenvalue weighted by atomic mass is 32.2. The second-order valence-corrected chi connectivity index (χ2v) is 4.32. The van der Waals surface area contributed by atoms with E-state index in [1.165, 1.54) is 6.92 Å². The number of hydrogen-bond acceptors (Lipinski definition) is 3. The molecule has 14 heavy (non-hydrogen) atoms. The van der Waals surface area contributed by atoms with E-state index in [2.05, 4.69) is 14.8 Å². The first-order chi connectivity index (χ1) is 6.48. The van der Waals surface area contributed by atoms with Gasteiger partial charge in [0.15, 0.2) is 0 Å². The molecule has 0 unspecified atom stereocenters. The van der Waals surface area contributed by atoms with Crippen LogP contribution < -0.4 is 14.8 Å². The molecule has 0 spiro atoms. The Labute approximate surface area is 84.6 Å². The summed E-state index contributed by atoms with van der Waals surface area (Å²) in [6.45, 7) is 4.28. The molecule has 0 bridgehead atoms. The fourth-order valence-electron chi connectivity index (χ4n) is 0.800. The summed E-state index contributed by atoms with van der Waals surface area (Å²) in [6.07, 6.45) is 0.574. The van der Waals surface area contributed by atoms with Crippen LogP contribution in [0.1, 0.15) is 20.3 Å². The zero-order valence-corrected chi connectivity index (χ0v) is 9.28. The molecule has 0 aromatic rings. The molecule has 6 nitrogen and oxygen atoms in total. The van der Waals surface area contributed by atoms with E-state index < -0.39 is 10.2 Å². The van der Waals surface area contributed by atoms with Crippen LogP contribution in [-0.4, -0.2) is 34.0 Å². The van der Waals surface area contributed by atoms with Crippen LogP contribution in [0.4, 0.5) is 0 Å². The molecule has 0 aromatic carbocycles. The fourth-order valence-corrected chi connectivity index (χ4v) is 1.70. The van der Waals surface area contributed by atoms with Gasteiger partial charge in [0.1, 0.15) is 0 Å². The lowest BCUT2D eigenvalue weighted by Gasteiger charge is -2.06. The van der Waals surface area contributed by atoms with Crippen LogP contribution in [0.15, 0.2) is 0 Å². The molecule has 0 saturated carbocycles. The maximum absolute atomic E-state index is 11.0. The molecule has 84 valence electrons. The lowest BCUT2D eigenvalue weighted by molar-refractivity contribution is -0.118. The van der Waals surface area contributed by atoms with Crippen molar-refractivity contribution in [1.29, 1.82) is 0 Å². The number of carbonyl (C=O) groups is 1. The molecule has 3 N–H and O–H groups in total. The highest BCUT2D eigenvalue weighted by Crippen LogP contribution is 1.79. The molecular weight excluding hydrogens is 206 g/mol. The molecule has 0 aromatic heterocycles. The quantitative estimate of drug-likeness (QED) is 0.482. The Hall–Kier alpha value is -0.660. The van der Waals surface area contributed by atoms with E-state index in [0.29, 0.717) is 26.1 Å². The smallest absolute Gasteiger partial charge is 0.276 e. The van der Waals surface area contributed by atoms with Gasteiger partial charge in [-0.25, -0.2) is 9.44 Å². The minimum atomic E-state index is -3.35. The second-order valence-electron chi connectivity index (χ2n) is 2.73. The van der Waals surface area contributed by atoms with Crippen LogP contribution in [0.5, 0.6) is 0 Å². The Bertz CT molecular complexity index is 263. The zero-order chi connectivity index (χ0) is 11.0. The van der Waals surface area contributed by atoms with Crippen molar-refractivity contribution in [1.82, 2.24) is 14.8 Å². The molecular formula is C7H17N3O3S. The summed E-state index contributed by atoms with van der Waals surface area (Å²) in [6, 6.07) is 0. The summed E-state index contributed by atoms with van der Waals surface area (Å²) in [5.41, 5.74) is 0. The molecule has 0 rings (SSSR count). The van der Waals surface area contributed by atoms with Crippen molar-refractivity contribution < 1.29 is 13.2 Å². The van der Waals surface area contributed by atoms with Crippen molar-refractivity contribution in [3.63, 3.8) is 0 Å². The average molecular weight is 223 g/mol. The summed E-state index contributed by atoms with van der Waals surface area (Å²) in [4.78, 5) is 10.4. The third kappa shape index (κ3) is 7.96. The van der Waals surface area contributed by atoms with E-state index in [1.54, 1.807) is 6.92 Å². The normalized spacial score (nSPS) is 11.3. The first kappa shape index (κ1) is 13.3. The van der Waals surface area contributed by atoms with Crippen molar-refractivity contribution in [2.75, 3.05) is 19.6 Å². The molecule has 7 heteroatoms. The van der Waals surface area contributed by atoms with Gasteiger partial charge in [0.25, 0.3) is 10.2 Å². The van der Waals surface area contributed by atoms with E-state index in [9.17, 15) is 13.2 Å². The lowest BCUT2D eigenvalue weighted by Crippen LogP contribution is -2.37. The molecule has 0 heterocycles. The number of nitrogens with one attached hydrogen (secondary N) is 3. The number of hydrogen-bond donors (Lipinski definition) is 3. The Morgan fingerprint density at radius 1 is 1.21 bits per heavy atom. The van der Waals surface area contributed by atoms with E-state index in [0.717, 1.165) is 0 Å². The van der Waals surface area contributed by atoms with Crippen molar-refractivity contribution in [3.05, 3.63) is 0 Å². The summed E-state index contributed by atoms with van der Waals surface area (Å²) < 4.78 is 26.7. The van der Waals surface area contributed by atoms with Gasteiger partial charge in [-0.1, -0.05) is 6.92 Å². The highest BCUT2D eigenvalue weighted by Gasteiger charge is 2.05. The molecule has 0 aliphatic heterocycles. The lowest BCUT2D eigenvalue weighted by atomic mass is 10.4. The maximum atomic E-state index is 11.0. The Kier molecular flexibility index (Phi) is 6.43. The number of amides is 1. The van der Waals surface area contributed by atoms with Crippen LogP contribution >= 0.6 is 0 Å². The minimum absolute atomic E-state index is 0.112. The van der Waals surface area contributed by atoms with Crippen molar-refractivity contribution in [2.45, 2.75) is 20.3 Å². The topological polar surface area (TPSA) is 87.3 Å². The van der Waals surface area contributed by atoms with Gasteiger partial charge in [-0.2, -0.15) is 8.42 Å². The predicted octanol–water partition coefficient (Wildman–Crippen LogP) is -1.04. The predicted molar refractivity (Wildman–Crippen MR) is 53.9 cm³/mol. The van der Waals surface area contributed by atoms with Crippen LogP contribution in [-0.2, 0) is 15.0 Å². The largest absolute Gasteiger partial charge is 0.356 e. The van der Waals surface area contributed by atoms with E-state index in [1.807, 2.05) is 0 Å². The summed E-state index contributed by atoms with van der Waals surface area (Å²) in [7, 11) is -3.35. The first-order valence-electron chi connectivity index (χ1n) is 4.46. The SMILES string of the molecule is CCNS(=O)(=O)NCCCNC(C)=O. The first-order valence-corrected chi connectivity index (χ1v) is 5.95. The standard InChI is InChI=1S/C7H17N3O3S/c1-3-9-14(12,13)10-6-4-5-8-7(2)11/h9-10H,3-6H2,1-2H3,(H,8,11). The Morgan fingerprint density at radius 2 is 1.86 bits per heavy atom. The molecule has 0 aliphatic carbocycles. The average Bonchev–Trinajstić information content (AvgIpc) is 2.02. The van der Waals surface area contributed by atoms with Gasteiger partial charge in [-0.05, 0) is 6.42 Å². The number of carbonyl (C=O) groups excluding carboxylic acids is 1. The third-order valence-corrected chi connectivity index (χ3v) is 2.61. The summed E-state index contributed by atoms with van der Waals surface area (Å²) >= 11 is 0. The monoisotopic (exact) mass is 223 g/mol. The van der Waals surface area contributed by atoms with Gasteiger partial charge in [0.2, 0.25) is 5.91 Å². The Balaban J connectivity index is 3.49. The van der Waals surface area contributed by atoms with E-state index in [-0.39, 0.29) is 5.91 Å². The molecule has 1 amide bonds. The highest BCUT2D eigenvalue weighted by molar-refractivity contribution is 7.87. The van der Waals surface area contributed by atoms with Gasteiger partial charge in [-0.15, -0.1) is 0 Å². The van der Waals surface area contributed by atoms with Crippen LogP contribution in [0.25, 0.3) is 0 Å². The van der Waals surface area contributed by atoms with Crippen LogP contribution in [0.3, 0.4) is 0 Å². The number of rotatable bonds is 7. The second kappa shape index (κ2) is 6.74. The van der Waals surface area contributed by atoms with Crippen molar-refractivity contribution in [2.24, 2.45) is 0 Å². The summed E-state index contributed by atoms with van der Waals surface area (Å²) in [5.74, 6) is -0.112. The minimum Gasteiger partial charge on any atom is -0.356 e. The molecule has 0 radical (unpaired) electrons. The van der Waals surface area contributed by atoms with Gasteiger partial charge < -0.3 is 5.32 Å². The van der Waals surface area contributed by atoms with Crippen molar-refractivity contribution in [3.8, 4) is 0 Å². The summed E-state index contributed by atoms with van der Waals surface area (Å²) in [5, 5.41) is 2.57.